The number of unbranched alkanes of at least 4 members (excludes halogenated alkanes) is 19. The molecule has 0 spiro atoms. The molecule has 0 aromatic carbocycles. The molecule has 0 aliphatic rings. The first-order chi connectivity index (χ1) is 14.1. The number of carbonyl (C=O) groups is 1. The monoisotopic (exact) mass is 410 g/mol. The molecule has 0 aromatic heterocycles. The van der Waals surface area contributed by atoms with E-state index >= 15 is 0 Å². The van der Waals surface area contributed by atoms with Crippen molar-refractivity contribution >= 4 is 6.03 Å². The van der Waals surface area contributed by atoms with E-state index in [-0.39, 0.29) is 0 Å². The van der Waals surface area contributed by atoms with Gasteiger partial charge in [-0.15, -0.1) is 0 Å². The van der Waals surface area contributed by atoms with Crippen molar-refractivity contribution in [2.24, 2.45) is 11.7 Å². The summed E-state index contributed by atoms with van der Waals surface area (Å²) in [7, 11) is 0. The van der Waals surface area contributed by atoms with Gasteiger partial charge in [-0.3, -0.25) is 0 Å². The first-order valence-electron chi connectivity index (χ1n) is 13.2. The van der Waals surface area contributed by atoms with Crippen LogP contribution < -0.4 is 11.1 Å². The third-order valence-corrected chi connectivity index (χ3v) is 6.01. The Bertz CT molecular complexity index is 331. The zero-order chi connectivity index (χ0) is 21.4. The van der Waals surface area contributed by atoms with Crippen molar-refractivity contribution in [2.45, 2.75) is 149 Å². The summed E-state index contributed by atoms with van der Waals surface area (Å²) in [6.07, 6.45) is 29.4. The highest BCUT2D eigenvalue weighted by atomic mass is 16.2. The maximum absolute atomic E-state index is 10.5. The van der Waals surface area contributed by atoms with Gasteiger partial charge in [0.05, 0.1) is 0 Å². The van der Waals surface area contributed by atoms with E-state index in [9.17, 15) is 4.79 Å². The van der Waals surface area contributed by atoms with Crippen molar-refractivity contribution in [3.05, 3.63) is 0 Å². The number of urea groups is 1. The molecule has 0 aliphatic heterocycles. The van der Waals surface area contributed by atoms with Gasteiger partial charge in [-0.05, 0) is 12.3 Å². The zero-order valence-electron chi connectivity index (χ0n) is 20.1. The molecule has 0 atom stereocenters. The SMILES string of the molecule is CC(C)CCCCCCCCCCCCCCCCCCCCCCNC(N)=O. The van der Waals surface area contributed by atoms with E-state index in [1.165, 1.54) is 128 Å². The second-order valence-corrected chi connectivity index (χ2v) is 9.54. The van der Waals surface area contributed by atoms with Crippen LogP contribution in [-0.4, -0.2) is 12.6 Å². The summed E-state index contributed by atoms with van der Waals surface area (Å²) in [6.45, 7) is 5.40. The van der Waals surface area contributed by atoms with E-state index in [4.69, 9.17) is 5.73 Å². The van der Waals surface area contributed by atoms with Crippen LogP contribution in [0.1, 0.15) is 149 Å². The molecule has 0 heterocycles. The number of hydrogen-bond donors (Lipinski definition) is 2. The number of rotatable bonds is 23. The van der Waals surface area contributed by atoms with Gasteiger partial charge in [0.2, 0.25) is 0 Å². The number of nitrogens with two attached hydrogens (primary N) is 1. The molecule has 2 amide bonds. The number of amides is 2. The predicted octanol–water partition coefficient (Wildman–Crippen LogP) is 8.50. The first-order valence-corrected chi connectivity index (χ1v) is 13.2. The summed E-state index contributed by atoms with van der Waals surface area (Å²) >= 11 is 0. The third-order valence-electron chi connectivity index (χ3n) is 6.01. The van der Waals surface area contributed by atoms with Gasteiger partial charge in [0.25, 0.3) is 0 Å². The number of primary amides is 1. The molecule has 0 unspecified atom stereocenters. The highest BCUT2D eigenvalue weighted by Gasteiger charge is 1.97. The standard InChI is InChI=1S/C26H54N2O/c1-25(2)23-21-19-17-15-13-11-9-7-5-3-4-6-8-10-12-14-16-18-20-22-24-28-26(27)29/h25H,3-24H2,1-2H3,(H3,27,28,29). The molecule has 29 heavy (non-hydrogen) atoms. The second kappa shape index (κ2) is 23.5. The lowest BCUT2D eigenvalue weighted by Crippen LogP contribution is -2.29. The molecule has 0 fully saturated rings. The van der Waals surface area contributed by atoms with Crippen LogP contribution in [-0.2, 0) is 0 Å². The zero-order valence-corrected chi connectivity index (χ0v) is 20.1. The summed E-state index contributed by atoms with van der Waals surface area (Å²) in [5, 5.41) is 2.65. The maximum atomic E-state index is 10.5. The largest absolute Gasteiger partial charge is 0.352 e. The minimum Gasteiger partial charge on any atom is -0.352 e. The van der Waals surface area contributed by atoms with Gasteiger partial charge in [-0.25, -0.2) is 4.79 Å². The van der Waals surface area contributed by atoms with Crippen LogP contribution >= 0.6 is 0 Å². The van der Waals surface area contributed by atoms with E-state index in [0.717, 1.165) is 18.9 Å². The van der Waals surface area contributed by atoms with Gasteiger partial charge in [0.15, 0.2) is 0 Å². The highest BCUT2D eigenvalue weighted by molar-refractivity contribution is 5.71. The molecule has 3 nitrogen and oxygen atoms in total. The molecule has 3 N–H and O–H groups in total. The van der Waals surface area contributed by atoms with E-state index in [1.54, 1.807) is 0 Å². The fourth-order valence-corrected chi connectivity index (χ4v) is 4.07. The number of carbonyl (C=O) groups excluding carboxylic acids is 1. The van der Waals surface area contributed by atoms with Gasteiger partial charge < -0.3 is 11.1 Å². The van der Waals surface area contributed by atoms with Crippen LogP contribution in [0.25, 0.3) is 0 Å². The Morgan fingerprint density at radius 1 is 0.552 bits per heavy atom. The fraction of sp³-hybridized carbons (Fsp3) is 0.962. The molecule has 0 bridgehead atoms. The van der Waals surface area contributed by atoms with Gasteiger partial charge in [-0.1, -0.05) is 142 Å². The van der Waals surface area contributed by atoms with Crippen molar-refractivity contribution in [1.29, 1.82) is 0 Å². The van der Waals surface area contributed by atoms with Gasteiger partial charge in [0, 0.05) is 6.54 Å². The van der Waals surface area contributed by atoms with Crippen molar-refractivity contribution in [1.82, 2.24) is 5.32 Å². The van der Waals surface area contributed by atoms with Gasteiger partial charge in [0.1, 0.15) is 0 Å². The van der Waals surface area contributed by atoms with Crippen LogP contribution in [0.4, 0.5) is 4.79 Å². The molecule has 0 rings (SSSR count). The van der Waals surface area contributed by atoms with Gasteiger partial charge >= 0.3 is 6.03 Å². The fourth-order valence-electron chi connectivity index (χ4n) is 4.07. The van der Waals surface area contributed by atoms with E-state index in [2.05, 4.69) is 19.2 Å². The summed E-state index contributed by atoms with van der Waals surface area (Å²) < 4.78 is 0. The van der Waals surface area contributed by atoms with Crippen LogP contribution in [0.2, 0.25) is 0 Å². The summed E-state index contributed by atoms with van der Waals surface area (Å²) in [5.41, 5.74) is 5.04. The van der Waals surface area contributed by atoms with E-state index in [1.807, 2.05) is 0 Å². The maximum Gasteiger partial charge on any atom is 0.312 e. The first kappa shape index (κ1) is 28.3. The smallest absolute Gasteiger partial charge is 0.312 e. The second-order valence-electron chi connectivity index (χ2n) is 9.54. The van der Waals surface area contributed by atoms with Crippen molar-refractivity contribution in [2.75, 3.05) is 6.54 Å². The van der Waals surface area contributed by atoms with Crippen LogP contribution in [0.5, 0.6) is 0 Å². The van der Waals surface area contributed by atoms with E-state index < -0.39 is 6.03 Å². The molecule has 3 heteroatoms. The lowest BCUT2D eigenvalue weighted by Gasteiger charge is -2.05. The average Bonchev–Trinajstić information content (AvgIpc) is 2.68. The Balaban J connectivity index is 3.01. The van der Waals surface area contributed by atoms with Crippen molar-refractivity contribution in [3.63, 3.8) is 0 Å². The average molecular weight is 411 g/mol. The van der Waals surface area contributed by atoms with E-state index in [0.29, 0.717) is 0 Å². The molecule has 174 valence electrons. The van der Waals surface area contributed by atoms with Crippen LogP contribution in [0.15, 0.2) is 0 Å². The van der Waals surface area contributed by atoms with Crippen LogP contribution in [0.3, 0.4) is 0 Å². The molecule has 0 radical (unpaired) electrons. The Morgan fingerprint density at radius 2 is 0.828 bits per heavy atom. The molecule has 0 saturated carbocycles. The molecule has 0 saturated heterocycles. The van der Waals surface area contributed by atoms with Crippen molar-refractivity contribution < 1.29 is 4.79 Å². The predicted molar refractivity (Wildman–Crippen MR) is 129 cm³/mol. The normalized spacial score (nSPS) is 11.3. The van der Waals surface area contributed by atoms with Gasteiger partial charge in [-0.2, -0.15) is 0 Å². The number of nitrogens with one attached hydrogen (secondary N) is 1. The summed E-state index contributed by atoms with van der Waals surface area (Å²) in [4.78, 5) is 10.5. The molecular weight excluding hydrogens is 356 g/mol. The Hall–Kier alpha value is -0.730. The quantitative estimate of drug-likeness (QED) is 0.163. The lowest BCUT2D eigenvalue weighted by molar-refractivity contribution is 0.248. The molecule has 0 aliphatic carbocycles. The number of hydrogen-bond acceptors (Lipinski definition) is 1. The molecular formula is C26H54N2O. The topological polar surface area (TPSA) is 55.1 Å². The van der Waals surface area contributed by atoms with Crippen LogP contribution in [0, 0.1) is 5.92 Å². The lowest BCUT2D eigenvalue weighted by atomic mass is 10.0. The molecule has 0 aromatic rings. The Kier molecular flexibility index (Phi) is 23.0. The van der Waals surface area contributed by atoms with Crippen molar-refractivity contribution in [3.8, 4) is 0 Å². The minimum absolute atomic E-state index is 0.400. The highest BCUT2D eigenvalue weighted by Crippen LogP contribution is 2.15. The minimum atomic E-state index is -0.400. The summed E-state index contributed by atoms with van der Waals surface area (Å²) in [6, 6.07) is -0.400. The third kappa shape index (κ3) is 27.3. The Labute approximate surface area is 183 Å². The Morgan fingerprint density at radius 3 is 1.10 bits per heavy atom. The summed E-state index contributed by atoms with van der Waals surface area (Å²) in [5.74, 6) is 0.885.